The van der Waals surface area contributed by atoms with E-state index >= 15 is 0 Å². The molecule has 3 aromatic rings. The largest absolute Gasteiger partial charge is 0.424 e. The number of amides is 1. The number of oxazole rings is 1. The predicted octanol–water partition coefficient (Wildman–Crippen LogP) is 3.43. The van der Waals surface area contributed by atoms with Crippen molar-refractivity contribution in [2.24, 2.45) is 5.73 Å². The molecule has 0 radical (unpaired) electrons. The van der Waals surface area contributed by atoms with Gasteiger partial charge in [-0.1, -0.05) is 29.8 Å². The normalized spacial score (nSPS) is 12.3. The Hall–Kier alpha value is -2.53. The van der Waals surface area contributed by atoms with Gasteiger partial charge in [0.1, 0.15) is 11.6 Å². The van der Waals surface area contributed by atoms with Crippen LogP contribution in [-0.2, 0) is 4.79 Å². The van der Waals surface area contributed by atoms with E-state index < -0.39 is 11.9 Å². The fourth-order valence-corrected chi connectivity index (χ4v) is 2.32. The summed E-state index contributed by atoms with van der Waals surface area (Å²) in [5, 5.41) is 3.52. The van der Waals surface area contributed by atoms with E-state index in [0.717, 1.165) is 11.1 Å². The van der Waals surface area contributed by atoms with Gasteiger partial charge in [0.05, 0.1) is 0 Å². The monoisotopic (exact) mass is 315 g/mol. The third-order valence-electron chi connectivity index (χ3n) is 3.30. The summed E-state index contributed by atoms with van der Waals surface area (Å²) in [4.78, 5) is 16.0. The molecule has 112 valence electrons. The van der Waals surface area contributed by atoms with E-state index in [4.69, 9.17) is 21.8 Å². The zero-order chi connectivity index (χ0) is 15.7. The molecular formula is C16H14ClN3O2. The maximum atomic E-state index is 11.7. The number of nitrogens with zero attached hydrogens (tertiary/aromatic N) is 1. The van der Waals surface area contributed by atoms with Crippen molar-refractivity contribution >= 4 is 34.6 Å². The van der Waals surface area contributed by atoms with E-state index in [1.54, 1.807) is 24.3 Å². The highest BCUT2D eigenvalue weighted by atomic mass is 35.5. The van der Waals surface area contributed by atoms with Gasteiger partial charge in [0, 0.05) is 5.02 Å². The fraction of sp³-hybridized carbons (Fsp3) is 0.125. The lowest BCUT2D eigenvalue weighted by Gasteiger charge is -2.14. The summed E-state index contributed by atoms with van der Waals surface area (Å²) in [6, 6.07) is 12.0. The highest BCUT2D eigenvalue weighted by molar-refractivity contribution is 6.30. The zero-order valence-corrected chi connectivity index (χ0v) is 12.6. The summed E-state index contributed by atoms with van der Waals surface area (Å²) in [7, 11) is 0. The Labute approximate surface area is 132 Å². The Bertz CT molecular complexity index is 827. The number of nitrogens with one attached hydrogen (secondary N) is 1. The summed E-state index contributed by atoms with van der Waals surface area (Å²) < 4.78 is 5.59. The number of nitrogens with two attached hydrogens (primary N) is 1. The number of anilines is 1. The number of benzene rings is 2. The van der Waals surface area contributed by atoms with Crippen LogP contribution in [0.2, 0.25) is 5.02 Å². The van der Waals surface area contributed by atoms with Gasteiger partial charge in [-0.05, 0) is 42.3 Å². The molecule has 22 heavy (non-hydrogen) atoms. The van der Waals surface area contributed by atoms with Gasteiger partial charge in [-0.2, -0.15) is 4.98 Å². The van der Waals surface area contributed by atoms with E-state index in [1.165, 1.54) is 0 Å². The second-order valence-electron chi connectivity index (χ2n) is 5.02. The minimum Gasteiger partial charge on any atom is -0.424 e. The lowest BCUT2D eigenvalue weighted by atomic mass is 10.1. The number of rotatable bonds is 4. The Morgan fingerprint density at radius 3 is 2.68 bits per heavy atom. The van der Waals surface area contributed by atoms with Crippen molar-refractivity contribution in [3.63, 3.8) is 0 Å². The predicted molar refractivity (Wildman–Crippen MR) is 85.8 cm³/mol. The first-order chi connectivity index (χ1) is 10.5. The quantitative estimate of drug-likeness (QED) is 0.773. The Morgan fingerprint density at radius 1 is 1.27 bits per heavy atom. The smallest absolute Gasteiger partial charge is 0.296 e. The van der Waals surface area contributed by atoms with Crippen molar-refractivity contribution in [2.45, 2.75) is 13.0 Å². The molecule has 1 atom stereocenters. The number of carbonyl (C=O) groups excluding carboxylic acids is 1. The Kier molecular flexibility index (Phi) is 3.73. The van der Waals surface area contributed by atoms with E-state index in [-0.39, 0.29) is 6.01 Å². The second-order valence-corrected chi connectivity index (χ2v) is 5.46. The molecule has 5 nitrogen and oxygen atoms in total. The molecule has 0 aliphatic carbocycles. The molecule has 0 spiro atoms. The van der Waals surface area contributed by atoms with Crippen molar-refractivity contribution in [3.05, 3.63) is 58.6 Å². The van der Waals surface area contributed by atoms with E-state index in [2.05, 4.69) is 10.3 Å². The van der Waals surface area contributed by atoms with E-state index in [9.17, 15) is 4.79 Å². The van der Waals surface area contributed by atoms with Crippen LogP contribution in [0.25, 0.3) is 11.1 Å². The van der Waals surface area contributed by atoms with Gasteiger partial charge in [-0.25, -0.2) is 0 Å². The molecule has 1 heterocycles. The molecule has 0 saturated carbocycles. The van der Waals surface area contributed by atoms with Crippen LogP contribution in [0.5, 0.6) is 0 Å². The summed E-state index contributed by atoms with van der Waals surface area (Å²) in [6.45, 7) is 1.97. The zero-order valence-electron chi connectivity index (χ0n) is 11.8. The van der Waals surface area contributed by atoms with Gasteiger partial charge in [0.25, 0.3) is 6.01 Å². The van der Waals surface area contributed by atoms with Crippen molar-refractivity contribution in [1.29, 1.82) is 0 Å². The highest BCUT2D eigenvalue weighted by Crippen LogP contribution is 2.24. The Morgan fingerprint density at radius 2 is 2.00 bits per heavy atom. The number of aryl methyl sites for hydroxylation is 1. The van der Waals surface area contributed by atoms with Crippen LogP contribution in [0.4, 0.5) is 6.01 Å². The summed E-state index contributed by atoms with van der Waals surface area (Å²) in [5.41, 5.74) is 8.61. The van der Waals surface area contributed by atoms with Crippen LogP contribution in [0.3, 0.4) is 0 Å². The average molecular weight is 316 g/mol. The number of hydrogen-bond donors (Lipinski definition) is 2. The van der Waals surface area contributed by atoms with Gasteiger partial charge >= 0.3 is 0 Å². The topological polar surface area (TPSA) is 81.1 Å². The molecule has 6 heteroatoms. The number of primary amides is 1. The highest BCUT2D eigenvalue weighted by Gasteiger charge is 2.20. The molecule has 0 saturated heterocycles. The van der Waals surface area contributed by atoms with E-state index in [1.807, 2.05) is 25.1 Å². The molecule has 0 bridgehead atoms. The van der Waals surface area contributed by atoms with Crippen LogP contribution in [0, 0.1) is 6.92 Å². The lowest BCUT2D eigenvalue weighted by molar-refractivity contribution is -0.118. The van der Waals surface area contributed by atoms with Gasteiger partial charge in [0.15, 0.2) is 5.58 Å². The second kappa shape index (κ2) is 5.69. The van der Waals surface area contributed by atoms with Crippen molar-refractivity contribution in [3.8, 4) is 0 Å². The van der Waals surface area contributed by atoms with Crippen molar-refractivity contribution in [1.82, 2.24) is 4.98 Å². The van der Waals surface area contributed by atoms with Gasteiger partial charge in [0.2, 0.25) is 5.91 Å². The van der Waals surface area contributed by atoms with Gasteiger partial charge in [-0.3, -0.25) is 4.79 Å². The first kappa shape index (κ1) is 14.4. The van der Waals surface area contributed by atoms with Crippen LogP contribution < -0.4 is 11.1 Å². The third-order valence-corrected chi connectivity index (χ3v) is 3.55. The molecule has 3 N–H and O–H groups in total. The maximum Gasteiger partial charge on any atom is 0.296 e. The standard InChI is InChI=1S/C16H14ClN3O2/c1-9-2-7-13-12(8-9)19-16(22-13)20-14(15(18)21)10-3-5-11(17)6-4-10/h2-8,14H,1H3,(H2,18,21)(H,19,20)/t14-/m0/s1. The van der Waals surface area contributed by atoms with E-state index in [0.29, 0.717) is 16.2 Å². The molecule has 0 aliphatic heterocycles. The molecule has 1 aromatic heterocycles. The molecule has 0 fully saturated rings. The average Bonchev–Trinajstić information content (AvgIpc) is 2.87. The van der Waals surface area contributed by atoms with Gasteiger partial charge < -0.3 is 15.5 Å². The summed E-state index contributed by atoms with van der Waals surface area (Å²) >= 11 is 5.86. The lowest BCUT2D eigenvalue weighted by Crippen LogP contribution is -2.27. The molecular weight excluding hydrogens is 302 g/mol. The number of carbonyl (C=O) groups is 1. The first-order valence-corrected chi connectivity index (χ1v) is 7.09. The molecule has 3 rings (SSSR count). The molecule has 2 aromatic carbocycles. The van der Waals surface area contributed by atoms with Crippen LogP contribution in [0.1, 0.15) is 17.2 Å². The minimum absolute atomic E-state index is 0.249. The van der Waals surface area contributed by atoms with Crippen molar-refractivity contribution in [2.75, 3.05) is 5.32 Å². The fourth-order valence-electron chi connectivity index (χ4n) is 2.20. The van der Waals surface area contributed by atoms with Gasteiger partial charge in [-0.15, -0.1) is 0 Å². The molecule has 0 aliphatic rings. The summed E-state index contributed by atoms with van der Waals surface area (Å²) in [6.07, 6.45) is 0. The molecule has 0 unspecified atom stereocenters. The number of aromatic nitrogens is 1. The SMILES string of the molecule is Cc1ccc2oc(N[C@H](C(N)=O)c3ccc(Cl)cc3)nc2c1. The maximum absolute atomic E-state index is 11.7. The first-order valence-electron chi connectivity index (χ1n) is 6.71. The van der Waals surface area contributed by atoms with Crippen LogP contribution in [0.15, 0.2) is 46.9 Å². The van der Waals surface area contributed by atoms with Crippen LogP contribution in [-0.4, -0.2) is 10.9 Å². The van der Waals surface area contributed by atoms with Crippen LogP contribution >= 0.6 is 11.6 Å². The minimum atomic E-state index is -0.744. The molecule has 1 amide bonds. The Balaban J connectivity index is 1.92. The number of halogens is 1. The number of hydrogen-bond acceptors (Lipinski definition) is 4. The third kappa shape index (κ3) is 2.89. The summed E-state index contributed by atoms with van der Waals surface area (Å²) in [5.74, 6) is -0.527. The number of fused-ring (bicyclic) bond motifs is 1. The van der Waals surface area contributed by atoms with Crippen molar-refractivity contribution < 1.29 is 9.21 Å².